The van der Waals surface area contributed by atoms with E-state index in [1.165, 1.54) is 12.1 Å². The summed E-state index contributed by atoms with van der Waals surface area (Å²) in [5.74, 6) is 0.573. The molecule has 0 aliphatic carbocycles. The SMILES string of the molecule is Cc1cn2c(n1)CC[C@H](NC(=O)c1cc(C)nc3cc(F)ccc13)C2. The summed E-state index contributed by atoms with van der Waals surface area (Å²) < 4.78 is 15.6. The lowest BCUT2D eigenvalue weighted by molar-refractivity contribution is 0.0929. The number of carbonyl (C=O) groups is 1. The third kappa shape index (κ3) is 2.99. The van der Waals surface area contributed by atoms with Crippen molar-refractivity contribution in [1.82, 2.24) is 19.9 Å². The number of rotatable bonds is 2. The summed E-state index contributed by atoms with van der Waals surface area (Å²) in [5.41, 5.74) is 2.73. The molecule has 1 aliphatic rings. The van der Waals surface area contributed by atoms with Crippen LogP contribution in [0.5, 0.6) is 0 Å². The van der Waals surface area contributed by atoms with Crippen molar-refractivity contribution in [3.8, 4) is 0 Å². The molecule has 0 saturated heterocycles. The van der Waals surface area contributed by atoms with Gasteiger partial charge in [0, 0.05) is 42.4 Å². The normalized spacial score (nSPS) is 16.7. The molecule has 0 bridgehead atoms. The van der Waals surface area contributed by atoms with Crippen LogP contribution in [-0.4, -0.2) is 26.5 Å². The van der Waals surface area contributed by atoms with Crippen LogP contribution in [0.3, 0.4) is 0 Å². The second kappa shape index (κ2) is 5.95. The van der Waals surface area contributed by atoms with Gasteiger partial charge in [0.05, 0.1) is 16.8 Å². The van der Waals surface area contributed by atoms with Crippen molar-refractivity contribution in [1.29, 1.82) is 0 Å². The summed E-state index contributed by atoms with van der Waals surface area (Å²) in [6.45, 7) is 4.50. The van der Waals surface area contributed by atoms with Crippen molar-refractivity contribution < 1.29 is 9.18 Å². The Balaban J connectivity index is 1.60. The van der Waals surface area contributed by atoms with E-state index < -0.39 is 0 Å². The fourth-order valence-corrected chi connectivity index (χ4v) is 3.49. The number of nitrogens with one attached hydrogen (secondary N) is 1. The number of amides is 1. The number of nitrogens with zero attached hydrogens (tertiary/aromatic N) is 3. The van der Waals surface area contributed by atoms with Crippen molar-refractivity contribution >= 4 is 16.8 Å². The number of hydrogen-bond donors (Lipinski definition) is 1. The first-order valence-electron chi connectivity index (χ1n) is 8.40. The molecule has 1 N–H and O–H groups in total. The number of fused-ring (bicyclic) bond motifs is 2. The van der Waals surface area contributed by atoms with Crippen LogP contribution in [0, 0.1) is 19.7 Å². The fourth-order valence-electron chi connectivity index (χ4n) is 3.49. The molecule has 0 unspecified atom stereocenters. The van der Waals surface area contributed by atoms with Crippen LogP contribution in [-0.2, 0) is 13.0 Å². The maximum Gasteiger partial charge on any atom is 0.252 e. The van der Waals surface area contributed by atoms with Gasteiger partial charge in [0.2, 0.25) is 0 Å². The number of hydrogen-bond acceptors (Lipinski definition) is 3. The van der Waals surface area contributed by atoms with Gasteiger partial charge in [-0.3, -0.25) is 9.78 Å². The standard InChI is InChI=1S/C19H19FN4O/c1-11-7-16(15-5-3-13(20)8-17(15)21-11)19(25)23-14-4-6-18-22-12(2)9-24(18)10-14/h3,5,7-9,14H,4,6,10H2,1-2H3,(H,23,25)/t14-/m0/s1. The molecule has 6 heteroatoms. The minimum absolute atomic E-state index is 0.0533. The van der Waals surface area contributed by atoms with Gasteiger partial charge in [-0.2, -0.15) is 0 Å². The molecular formula is C19H19FN4O. The summed E-state index contributed by atoms with van der Waals surface area (Å²) in [5, 5.41) is 3.78. The molecule has 1 aromatic carbocycles. The Bertz CT molecular complexity index is 974. The molecule has 128 valence electrons. The number of aryl methyl sites for hydroxylation is 3. The number of imidazole rings is 1. The highest BCUT2D eigenvalue weighted by Gasteiger charge is 2.22. The molecule has 0 saturated carbocycles. The largest absolute Gasteiger partial charge is 0.347 e. The van der Waals surface area contributed by atoms with E-state index in [0.717, 1.165) is 30.9 Å². The van der Waals surface area contributed by atoms with Gasteiger partial charge in [0.1, 0.15) is 11.6 Å². The maximum absolute atomic E-state index is 13.5. The van der Waals surface area contributed by atoms with Crippen LogP contribution >= 0.6 is 0 Å². The van der Waals surface area contributed by atoms with E-state index in [-0.39, 0.29) is 17.8 Å². The zero-order valence-electron chi connectivity index (χ0n) is 14.2. The molecule has 0 fully saturated rings. The molecule has 1 aliphatic heterocycles. The van der Waals surface area contributed by atoms with E-state index in [1.807, 2.05) is 20.0 Å². The van der Waals surface area contributed by atoms with E-state index in [1.54, 1.807) is 12.1 Å². The van der Waals surface area contributed by atoms with Crippen molar-refractivity contribution in [3.05, 3.63) is 59.1 Å². The Morgan fingerprint density at radius 2 is 2.08 bits per heavy atom. The van der Waals surface area contributed by atoms with Crippen molar-refractivity contribution in [2.24, 2.45) is 0 Å². The van der Waals surface area contributed by atoms with Crippen molar-refractivity contribution in [2.45, 2.75) is 39.3 Å². The maximum atomic E-state index is 13.5. The monoisotopic (exact) mass is 338 g/mol. The van der Waals surface area contributed by atoms with Crippen LogP contribution < -0.4 is 5.32 Å². The lowest BCUT2D eigenvalue weighted by atomic mass is 10.0. The Morgan fingerprint density at radius 1 is 1.24 bits per heavy atom. The highest BCUT2D eigenvalue weighted by atomic mass is 19.1. The second-order valence-corrected chi connectivity index (χ2v) is 6.63. The molecule has 1 atom stereocenters. The van der Waals surface area contributed by atoms with Gasteiger partial charge in [-0.15, -0.1) is 0 Å². The van der Waals surface area contributed by atoms with Crippen LogP contribution in [0.4, 0.5) is 4.39 Å². The summed E-state index contributed by atoms with van der Waals surface area (Å²) in [4.78, 5) is 21.6. The number of carbonyl (C=O) groups excluding carboxylic acids is 1. The molecule has 25 heavy (non-hydrogen) atoms. The number of aromatic nitrogens is 3. The summed E-state index contributed by atoms with van der Waals surface area (Å²) >= 11 is 0. The smallest absolute Gasteiger partial charge is 0.252 e. The molecule has 0 spiro atoms. The minimum Gasteiger partial charge on any atom is -0.347 e. The Labute approximate surface area is 144 Å². The number of benzene rings is 1. The third-order valence-corrected chi connectivity index (χ3v) is 4.59. The molecule has 5 nitrogen and oxygen atoms in total. The molecule has 0 radical (unpaired) electrons. The van der Waals surface area contributed by atoms with Gasteiger partial charge in [0.15, 0.2) is 0 Å². The lowest BCUT2D eigenvalue weighted by Crippen LogP contribution is -2.41. The topological polar surface area (TPSA) is 59.8 Å². The van der Waals surface area contributed by atoms with Crippen molar-refractivity contribution in [2.75, 3.05) is 0 Å². The van der Waals surface area contributed by atoms with Crippen LogP contribution in [0.2, 0.25) is 0 Å². The number of pyridine rings is 1. The van der Waals surface area contributed by atoms with E-state index in [2.05, 4.69) is 19.9 Å². The van der Waals surface area contributed by atoms with Gasteiger partial charge in [-0.05, 0) is 38.5 Å². The summed E-state index contributed by atoms with van der Waals surface area (Å²) in [7, 11) is 0. The average Bonchev–Trinajstić information content (AvgIpc) is 2.92. The highest BCUT2D eigenvalue weighted by Crippen LogP contribution is 2.21. The summed E-state index contributed by atoms with van der Waals surface area (Å²) in [6, 6.07) is 6.14. The second-order valence-electron chi connectivity index (χ2n) is 6.63. The van der Waals surface area contributed by atoms with Gasteiger partial charge in [0.25, 0.3) is 5.91 Å². The Hall–Kier alpha value is -2.76. The van der Waals surface area contributed by atoms with Crippen molar-refractivity contribution in [3.63, 3.8) is 0 Å². The quantitative estimate of drug-likeness (QED) is 0.781. The Morgan fingerprint density at radius 3 is 2.92 bits per heavy atom. The predicted molar refractivity (Wildman–Crippen MR) is 93.0 cm³/mol. The third-order valence-electron chi connectivity index (χ3n) is 4.59. The Kier molecular flexibility index (Phi) is 3.75. The first-order chi connectivity index (χ1) is 12.0. The molecule has 3 heterocycles. The highest BCUT2D eigenvalue weighted by molar-refractivity contribution is 6.06. The van der Waals surface area contributed by atoms with E-state index >= 15 is 0 Å². The van der Waals surface area contributed by atoms with Gasteiger partial charge < -0.3 is 9.88 Å². The average molecular weight is 338 g/mol. The number of halogens is 1. The van der Waals surface area contributed by atoms with Gasteiger partial charge >= 0.3 is 0 Å². The van der Waals surface area contributed by atoms with Gasteiger partial charge in [-0.1, -0.05) is 0 Å². The zero-order chi connectivity index (χ0) is 17.6. The van der Waals surface area contributed by atoms with E-state index in [4.69, 9.17) is 0 Å². The molecule has 4 rings (SSSR count). The molecule has 1 amide bonds. The summed E-state index contributed by atoms with van der Waals surface area (Å²) in [6.07, 6.45) is 3.72. The predicted octanol–water partition coefficient (Wildman–Crippen LogP) is 2.93. The lowest BCUT2D eigenvalue weighted by Gasteiger charge is -2.25. The van der Waals surface area contributed by atoms with Crippen LogP contribution in [0.15, 0.2) is 30.5 Å². The molecule has 3 aromatic rings. The van der Waals surface area contributed by atoms with E-state index in [9.17, 15) is 9.18 Å². The van der Waals surface area contributed by atoms with Crippen LogP contribution in [0.1, 0.15) is 34.0 Å². The first kappa shape index (κ1) is 15.7. The first-order valence-corrected chi connectivity index (χ1v) is 8.40. The molecule has 2 aromatic heterocycles. The zero-order valence-corrected chi connectivity index (χ0v) is 14.2. The fraction of sp³-hybridized carbons (Fsp3) is 0.316. The van der Waals surface area contributed by atoms with Crippen LogP contribution in [0.25, 0.3) is 10.9 Å². The van der Waals surface area contributed by atoms with E-state index in [0.29, 0.717) is 22.2 Å². The minimum atomic E-state index is -0.354. The molecular weight excluding hydrogens is 319 g/mol. The van der Waals surface area contributed by atoms with Gasteiger partial charge in [-0.25, -0.2) is 9.37 Å².